The molecule has 1 aliphatic rings. The molecule has 1 aromatic heterocycles. The lowest BCUT2D eigenvalue weighted by Gasteiger charge is -2.16. The van der Waals surface area contributed by atoms with Crippen LogP contribution in [0.15, 0.2) is 27.1 Å². The summed E-state index contributed by atoms with van der Waals surface area (Å²) in [7, 11) is 0. The lowest BCUT2D eigenvalue weighted by atomic mass is 9.91. The number of fused-ring (bicyclic) bond motifs is 1. The molecule has 0 aliphatic heterocycles. The first-order valence-corrected chi connectivity index (χ1v) is 8.90. The fraction of sp³-hybridized carbons (Fsp3) is 0.286. The number of hydrogen-bond acceptors (Lipinski definition) is 4. The minimum Gasteiger partial charge on any atom is -0.481 e. The SMILES string of the molecule is O=C(O)C1CCCc2sc(Nc3c(Br)cccc3Br)nc21. The Kier molecular flexibility index (Phi) is 4.33. The number of halogens is 2. The van der Waals surface area contributed by atoms with E-state index in [1.54, 1.807) is 11.3 Å². The van der Waals surface area contributed by atoms with Gasteiger partial charge in [-0.1, -0.05) is 6.07 Å². The highest BCUT2D eigenvalue weighted by atomic mass is 79.9. The summed E-state index contributed by atoms with van der Waals surface area (Å²) in [5, 5.41) is 13.3. The molecule has 3 rings (SSSR count). The van der Waals surface area contributed by atoms with Gasteiger partial charge in [0.25, 0.3) is 0 Å². The fourth-order valence-electron chi connectivity index (χ4n) is 2.44. The lowest BCUT2D eigenvalue weighted by Crippen LogP contribution is -2.17. The highest BCUT2D eigenvalue weighted by Gasteiger charge is 2.30. The van der Waals surface area contributed by atoms with E-state index < -0.39 is 11.9 Å². The van der Waals surface area contributed by atoms with Gasteiger partial charge in [0, 0.05) is 13.8 Å². The molecule has 21 heavy (non-hydrogen) atoms. The highest BCUT2D eigenvalue weighted by Crippen LogP contribution is 2.39. The molecule has 7 heteroatoms. The fourth-order valence-corrected chi connectivity index (χ4v) is 4.70. The first-order chi connectivity index (χ1) is 10.1. The molecule has 0 fully saturated rings. The summed E-state index contributed by atoms with van der Waals surface area (Å²) in [4.78, 5) is 16.9. The van der Waals surface area contributed by atoms with Crippen molar-refractivity contribution in [2.24, 2.45) is 0 Å². The zero-order valence-corrected chi connectivity index (χ0v) is 14.9. The number of rotatable bonds is 3. The third kappa shape index (κ3) is 3.00. The van der Waals surface area contributed by atoms with Gasteiger partial charge in [0.15, 0.2) is 5.13 Å². The molecule has 0 saturated carbocycles. The second-order valence-electron chi connectivity index (χ2n) is 4.83. The number of aryl methyl sites for hydroxylation is 1. The van der Waals surface area contributed by atoms with Crippen LogP contribution in [0.4, 0.5) is 10.8 Å². The number of benzene rings is 1. The molecule has 4 nitrogen and oxygen atoms in total. The molecule has 2 N–H and O–H groups in total. The van der Waals surface area contributed by atoms with E-state index in [-0.39, 0.29) is 0 Å². The number of carboxylic acid groups (broad SMARTS) is 1. The third-order valence-electron chi connectivity index (χ3n) is 3.45. The number of thiazole rings is 1. The molecule has 2 aromatic rings. The van der Waals surface area contributed by atoms with Crippen LogP contribution < -0.4 is 5.32 Å². The standard InChI is InChI=1S/C14H12Br2N2O2S/c15-8-4-2-5-9(16)12(8)18-14-17-11-7(13(19)20)3-1-6-10(11)21-14/h2,4-5,7H,1,3,6H2,(H,17,18)(H,19,20). The van der Waals surface area contributed by atoms with E-state index >= 15 is 0 Å². The van der Waals surface area contributed by atoms with Crippen molar-refractivity contribution in [3.8, 4) is 0 Å². The van der Waals surface area contributed by atoms with Crippen LogP contribution in [0.5, 0.6) is 0 Å². The second kappa shape index (κ2) is 6.06. The minimum atomic E-state index is -0.783. The monoisotopic (exact) mass is 430 g/mol. The minimum absolute atomic E-state index is 0.469. The molecule has 0 bridgehead atoms. The normalized spacial score (nSPS) is 17.3. The van der Waals surface area contributed by atoms with Gasteiger partial charge in [0.2, 0.25) is 0 Å². The topological polar surface area (TPSA) is 62.2 Å². The van der Waals surface area contributed by atoms with Crippen molar-refractivity contribution in [1.29, 1.82) is 0 Å². The number of nitrogens with zero attached hydrogens (tertiary/aromatic N) is 1. The average Bonchev–Trinajstić information content (AvgIpc) is 2.85. The van der Waals surface area contributed by atoms with Crippen LogP contribution in [0.2, 0.25) is 0 Å². The van der Waals surface area contributed by atoms with Gasteiger partial charge < -0.3 is 10.4 Å². The summed E-state index contributed by atoms with van der Waals surface area (Å²) in [5.41, 5.74) is 1.62. The molecule has 0 amide bonds. The quantitative estimate of drug-likeness (QED) is 0.724. The number of carboxylic acids is 1. The number of carbonyl (C=O) groups is 1. The Morgan fingerprint density at radius 2 is 2.10 bits per heavy atom. The Morgan fingerprint density at radius 3 is 2.76 bits per heavy atom. The van der Waals surface area contributed by atoms with E-state index in [2.05, 4.69) is 42.2 Å². The smallest absolute Gasteiger partial charge is 0.312 e. The molecule has 1 atom stereocenters. The number of anilines is 2. The van der Waals surface area contributed by atoms with Crippen LogP contribution in [0.3, 0.4) is 0 Å². The molecule has 1 aliphatic carbocycles. The van der Waals surface area contributed by atoms with Crippen molar-refractivity contribution < 1.29 is 9.90 Å². The molecular formula is C14H12Br2N2O2S. The number of hydrogen-bond donors (Lipinski definition) is 2. The predicted octanol–water partition coefficient (Wildman–Crippen LogP) is 4.92. The van der Waals surface area contributed by atoms with Gasteiger partial charge in [-0.05, 0) is 63.3 Å². The maximum atomic E-state index is 11.3. The average molecular weight is 432 g/mol. The maximum Gasteiger partial charge on any atom is 0.312 e. The molecule has 1 aromatic carbocycles. The van der Waals surface area contributed by atoms with Gasteiger partial charge in [-0.15, -0.1) is 11.3 Å². The van der Waals surface area contributed by atoms with Gasteiger partial charge in [-0.2, -0.15) is 0 Å². The van der Waals surface area contributed by atoms with Gasteiger partial charge in [0.1, 0.15) is 5.92 Å². The van der Waals surface area contributed by atoms with E-state index in [0.29, 0.717) is 6.42 Å². The molecule has 110 valence electrons. The van der Waals surface area contributed by atoms with E-state index in [0.717, 1.165) is 43.2 Å². The number of aliphatic carboxylic acids is 1. The molecule has 0 spiro atoms. The lowest BCUT2D eigenvalue weighted by molar-refractivity contribution is -0.139. The zero-order chi connectivity index (χ0) is 15.0. The molecule has 0 radical (unpaired) electrons. The third-order valence-corrected chi connectivity index (χ3v) is 5.82. The van der Waals surface area contributed by atoms with E-state index in [1.165, 1.54) is 0 Å². The maximum absolute atomic E-state index is 11.3. The molecule has 1 unspecified atom stereocenters. The Balaban J connectivity index is 1.93. The molecular weight excluding hydrogens is 420 g/mol. The van der Waals surface area contributed by atoms with Crippen molar-refractivity contribution in [2.75, 3.05) is 5.32 Å². The Bertz CT molecular complexity index is 682. The number of nitrogens with one attached hydrogen (secondary N) is 1. The van der Waals surface area contributed by atoms with Crippen LogP contribution in [-0.2, 0) is 11.2 Å². The van der Waals surface area contributed by atoms with Crippen LogP contribution in [0, 0.1) is 0 Å². The van der Waals surface area contributed by atoms with Crippen LogP contribution in [-0.4, -0.2) is 16.1 Å². The van der Waals surface area contributed by atoms with E-state index in [4.69, 9.17) is 0 Å². The largest absolute Gasteiger partial charge is 0.481 e. The summed E-state index contributed by atoms with van der Waals surface area (Å²) in [6, 6.07) is 5.83. The highest BCUT2D eigenvalue weighted by molar-refractivity contribution is 9.11. The summed E-state index contributed by atoms with van der Waals surface area (Å²) < 4.78 is 1.86. The first kappa shape index (κ1) is 15.0. The van der Waals surface area contributed by atoms with Crippen LogP contribution in [0.25, 0.3) is 0 Å². The number of para-hydroxylation sites is 1. The second-order valence-corrected chi connectivity index (χ2v) is 7.62. The van der Waals surface area contributed by atoms with E-state index in [1.807, 2.05) is 18.2 Å². The first-order valence-electron chi connectivity index (χ1n) is 6.49. The summed E-state index contributed by atoms with van der Waals surface area (Å²) in [6.07, 6.45) is 2.49. The van der Waals surface area contributed by atoms with E-state index in [9.17, 15) is 9.90 Å². The van der Waals surface area contributed by atoms with Gasteiger partial charge >= 0.3 is 5.97 Å². The Labute approximate surface area is 142 Å². The van der Waals surface area contributed by atoms with Gasteiger partial charge in [-0.25, -0.2) is 4.98 Å². The Morgan fingerprint density at radius 1 is 1.38 bits per heavy atom. The van der Waals surface area contributed by atoms with Crippen molar-refractivity contribution in [2.45, 2.75) is 25.2 Å². The summed E-state index contributed by atoms with van der Waals surface area (Å²) in [6.45, 7) is 0. The van der Waals surface area contributed by atoms with Crippen molar-refractivity contribution in [3.05, 3.63) is 37.7 Å². The van der Waals surface area contributed by atoms with Crippen LogP contribution >= 0.6 is 43.2 Å². The zero-order valence-electron chi connectivity index (χ0n) is 10.9. The summed E-state index contributed by atoms with van der Waals surface area (Å²) in [5.74, 6) is -1.25. The molecule has 0 saturated heterocycles. The number of aromatic nitrogens is 1. The van der Waals surface area contributed by atoms with Gasteiger partial charge in [0.05, 0.1) is 11.4 Å². The van der Waals surface area contributed by atoms with Crippen LogP contribution in [0.1, 0.15) is 29.3 Å². The van der Waals surface area contributed by atoms with Crippen molar-refractivity contribution in [1.82, 2.24) is 4.98 Å². The predicted molar refractivity (Wildman–Crippen MR) is 90.6 cm³/mol. The van der Waals surface area contributed by atoms with Crippen molar-refractivity contribution >= 4 is 60.0 Å². The van der Waals surface area contributed by atoms with Gasteiger partial charge in [-0.3, -0.25) is 4.79 Å². The van der Waals surface area contributed by atoms with Crippen molar-refractivity contribution in [3.63, 3.8) is 0 Å². The summed E-state index contributed by atoms with van der Waals surface area (Å²) >= 11 is 8.54. The Hall–Kier alpha value is -0.920. The molecule has 1 heterocycles.